The van der Waals surface area contributed by atoms with Gasteiger partial charge >= 0.3 is 0 Å². The Bertz CT molecular complexity index is 462. The molecule has 1 N–H and O–H groups in total. The third-order valence-corrected chi connectivity index (χ3v) is 4.81. The fraction of sp³-hybridized carbons (Fsp3) is 0.562. The number of nitrogens with one attached hydrogen (secondary N) is 1. The molecular weight excluding hydrogens is 266 g/mol. The number of hydrogen-bond acceptors (Lipinski definition) is 2. The van der Waals surface area contributed by atoms with Crippen molar-refractivity contribution < 1.29 is 0 Å². The Morgan fingerprint density at radius 3 is 2.80 bits per heavy atom. The van der Waals surface area contributed by atoms with Crippen molar-refractivity contribution in [2.75, 3.05) is 25.0 Å². The van der Waals surface area contributed by atoms with Crippen LogP contribution in [0.1, 0.15) is 26.2 Å². The smallest absolute Gasteiger partial charge is 0.173 e. The van der Waals surface area contributed by atoms with Crippen molar-refractivity contribution in [1.82, 2.24) is 9.80 Å². The summed E-state index contributed by atoms with van der Waals surface area (Å²) in [5.41, 5.74) is 1.08. The predicted octanol–water partition coefficient (Wildman–Crippen LogP) is 2.94. The normalized spacial score (nSPS) is 26.9. The molecule has 2 aliphatic rings. The lowest BCUT2D eigenvalue weighted by Crippen LogP contribution is -2.60. The van der Waals surface area contributed by atoms with Crippen LogP contribution >= 0.6 is 12.2 Å². The molecule has 2 heterocycles. The average Bonchev–Trinajstić information content (AvgIpc) is 2.47. The summed E-state index contributed by atoms with van der Waals surface area (Å²) < 4.78 is 0. The van der Waals surface area contributed by atoms with Crippen LogP contribution in [-0.4, -0.2) is 46.6 Å². The van der Waals surface area contributed by atoms with Gasteiger partial charge in [-0.1, -0.05) is 24.6 Å². The van der Waals surface area contributed by atoms with Gasteiger partial charge in [0.25, 0.3) is 0 Å². The minimum Gasteiger partial charge on any atom is -0.343 e. The minimum absolute atomic E-state index is 0.494. The number of para-hydroxylation sites is 1. The summed E-state index contributed by atoms with van der Waals surface area (Å²) in [5.74, 6) is 0. The lowest BCUT2D eigenvalue weighted by atomic mass is 9.97. The molecule has 20 heavy (non-hydrogen) atoms. The highest BCUT2D eigenvalue weighted by atomic mass is 32.1. The second-order valence-corrected chi connectivity index (χ2v) is 6.33. The number of piperidine rings is 1. The summed E-state index contributed by atoms with van der Waals surface area (Å²) in [4.78, 5) is 5.02. The highest BCUT2D eigenvalue weighted by Gasteiger charge is 2.33. The van der Waals surface area contributed by atoms with Crippen molar-refractivity contribution in [2.24, 2.45) is 0 Å². The molecule has 0 radical (unpaired) electrons. The molecule has 2 atom stereocenters. The van der Waals surface area contributed by atoms with E-state index in [1.807, 2.05) is 18.2 Å². The summed E-state index contributed by atoms with van der Waals surface area (Å²) >= 11 is 5.62. The van der Waals surface area contributed by atoms with Crippen LogP contribution < -0.4 is 5.32 Å². The molecule has 108 valence electrons. The molecular formula is C16H23N3S. The highest BCUT2D eigenvalue weighted by Crippen LogP contribution is 2.24. The van der Waals surface area contributed by atoms with Crippen LogP contribution in [0.5, 0.6) is 0 Å². The van der Waals surface area contributed by atoms with Crippen molar-refractivity contribution in [3.63, 3.8) is 0 Å². The highest BCUT2D eigenvalue weighted by molar-refractivity contribution is 7.80. The summed E-state index contributed by atoms with van der Waals surface area (Å²) in [7, 11) is 0. The number of hydrogen-bond donors (Lipinski definition) is 1. The molecule has 0 aromatic heterocycles. The van der Waals surface area contributed by atoms with Crippen LogP contribution in [0.4, 0.5) is 5.69 Å². The third-order valence-electron chi connectivity index (χ3n) is 4.47. The van der Waals surface area contributed by atoms with E-state index in [0.717, 1.165) is 23.9 Å². The van der Waals surface area contributed by atoms with Crippen molar-refractivity contribution >= 4 is 23.0 Å². The number of fused-ring (bicyclic) bond motifs is 1. The fourth-order valence-corrected chi connectivity index (χ4v) is 3.72. The number of thiocarbonyl (C=S) groups is 1. The van der Waals surface area contributed by atoms with Gasteiger partial charge in [-0.2, -0.15) is 0 Å². The number of nitrogens with zero attached hydrogens (tertiary/aromatic N) is 2. The first kappa shape index (κ1) is 13.8. The Kier molecular flexibility index (Phi) is 4.22. The van der Waals surface area contributed by atoms with Crippen LogP contribution in [0.15, 0.2) is 30.3 Å². The molecule has 0 amide bonds. The molecule has 2 unspecified atom stereocenters. The predicted molar refractivity (Wildman–Crippen MR) is 88.0 cm³/mol. The van der Waals surface area contributed by atoms with Crippen molar-refractivity contribution in [2.45, 2.75) is 38.3 Å². The van der Waals surface area contributed by atoms with E-state index in [1.165, 1.54) is 25.8 Å². The van der Waals surface area contributed by atoms with Crippen molar-refractivity contribution in [3.8, 4) is 0 Å². The maximum Gasteiger partial charge on any atom is 0.173 e. The Balaban J connectivity index is 1.65. The Morgan fingerprint density at radius 2 is 2.00 bits per heavy atom. The van der Waals surface area contributed by atoms with E-state index in [0.29, 0.717) is 12.1 Å². The number of anilines is 1. The molecule has 3 rings (SSSR count). The molecule has 1 aromatic rings. The molecule has 0 aliphatic carbocycles. The van der Waals surface area contributed by atoms with Crippen molar-refractivity contribution in [3.05, 3.63) is 30.3 Å². The van der Waals surface area contributed by atoms with Crippen LogP contribution in [0.3, 0.4) is 0 Å². The van der Waals surface area contributed by atoms with E-state index in [4.69, 9.17) is 12.2 Å². The summed E-state index contributed by atoms with van der Waals surface area (Å²) in [6.07, 6.45) is 4.04. The van der Waals surface area contributed by atoms with E-state index in [9.17, 15) is 0 Å². The zero-order chi connectivity index (χ0) is 13.9. The Labute approximate surface area is 126 Å². The van der Waals surface area contributed by atoms with Gasteiger partial charge in [-0.3, -0.25) is 4.90 Å². The van der Waals surface area contributed by atoms with Crippen LogP contribution in [-0.2, 0) is 0 Å². The molecule has 0 spiro atoms. The van der Waals surface area contributed by atoms with Gasteiger partial charge in [0.2, 0.25) is 0 Å². The lowest BCUT2D eigenvalue weighted by molar-refractivity contribution is 0.0515. The molecule has 1 aromatic carbocycles. The summed E-state index contributed by atoms with van der Waals surface area (Å²) in [6.45, 7) is 5.76. The molecule has 2 fully saturated rings. The molecule has 3 nitrogen and oxygen atoms in total. The van der Waals surface area contributed by atoms with E-state index >= 15 is 0 Å². The first-order valence-corrected chi connectivity index (χ1v) is 8.01. The summed E-state index contributed by atoms with van der Waals surface area (Å²) in [6, 6.07) is 11.4. The number of piperazine rings is 1. The number of benzene rings is 1. The lowest BCUT2D eigenvalue weighted by Gasteiger charge is -2.48. The largest absolute Gasteiger partial charge is 0.343 e. The Morgan fingerprint density at radius 1 is 1.20 bits per heavy atom. The Hall–Kier alpha value is -1.13. The van der Waals surface area contributed by atoms with Gasteiger partial charge in [-0.15, -0.1) is 0 Å². The van der Waals surface area contributed by atoms with Gasteiger partial charge in [0.05, 0.1) is 0 Å². The molecule has 2 aliphatic heterocycles. The quantitative estimate of drug-likeness (QED) is 0.801. The first-order valence-electron chi connectivity index (χ1n) is 7.61. The fourth-order valence-electron chi connectivity index (χ4n) is 3.35. The molecule has 4 heteroatoms. The maximum atomic E-state index is 5.62. The van der Waals surface area contributed by atoms with Crippen molar-refractivity contribution in [1.29, 1.82) is 0 Å². The van der Waals surface area contributed by atoms with Gasteiger partial charge < -0.3 is 10.2 Å². The summed E-state index contributed by atoms with van der Waals surface area (Å²) in [5, 5.41) is 4.25. The second kappa shape index (κ2) is 6.10. The maximum absolute atomic E-state index is 5.62. The monoisotopic (exact) mass is 289 g/mol. The average molecular weight is 289 g/mol. The van der Waals surface area contributed by atoms with Gasteiger partial charge in [0.1, 0.15) is 0 Å². The van der Waals surface area contributed by atoms with Gasteiger partial charge in [-0.25, -0.2) is 0 Å². The topological polar surface area (TPSA) is 18.5 Å². The molecule has 2 saturated heterocycles. The molecule has 0 bridgehead atoms. The zero-order valence-electron chi connectivity index (χ0n) is 12.1. The first-order chi connectivity index (χ1) is 9.74. The minimum atomic E-state index is 0.494. The van der Waals surface area contributed by atoms with Gasteiger partial charge in [0.15, 0.2) is 5.11 Å². The zero-order valence-corrected chi connectivity index (χ0v) is 12.9. The number of rotatable bonds is 1. The third kappa shape index (κ3) is 2.96. The van der Waals surface area contributed by atoms with Crippen LogP contribution in [0.2, 0.25) is 0 Å². The van der Waals surface area contributed by atoms with E-state index in [-0.39, 0.29) is 0 Å². The molecule has 0 saturated carbocycles. The van der Waals surface area contributed by atoms with E-state index in [2.05, 4.69) is 34.2 Å². The van der Waals surface area contributed by atoms with Gasteiger partial charge in [-0.05, 0) is 50.7 Å². The van der Waals surface area contributed by atoms with Gasteiger partial charge in [0, 0.05) is 30.9 Å². The van der Waals surface area contributed by atoms with Crippen LogP contribution in [0.25, 0.3) is 0 Å². The van der Waals surface area contributed by atoms with Crippen LogP contribution in [0, 0.1) is 0 Å². The van der Waals surface area contributed by atoms with E-state index in [1.54, 1.807) is 0 Å². The SMILES string of the molecule is CC1CN2CCCCC2CN1C(=S)Nc1ccccc1. The van der Waals surface area contributed by atoms with E-state index < -0.39 is 0 Å². The standard InChI is InChI=1S/C16H23N3S/c1-13-11-18-10-6-5-9-15(18)12-19(13)16(20)17-14-7-3-2-4-8-14/h2-4,7-8,13,15H,5-6,9-12H2,1H3,(H,17,20). The second-order valence-electron chi connectivity index (χ2n) is 5.94.